The van der Waals surface area contributed by atoms with Crippen molar-refractivity contribution in [2.24, 2.45) is 5.92 Å². The van der Waals surface area contributed by atoms with Crippen molar-refractivity contribution in [1.82, 2.24) is 4.90 Å². The molecule has 0 saturated heterocycles. The van der Waals surface area contributed by atoms with Crippen LogP contribution >= 0.6 is 0 Å². The monoisotopic (exact) mass is 299 g/mol. The topological polar surface area (TPSA) is 94.9 Å². The van der Waals surface area contributed by atoms with Crippen LogP contribution in [0.15, 0.2) is 0 Å². The van der Waals surface area contributed by atoms with E-state index in [1.165, 1.54) is 24.2 Å². The van der Waals surface area contributed by atoms with E-state index in [0.29, 0.717) is 12.3 Å². The van der Waals surface area contributed by atoms with Gasteiger partial charge in [-0.05, 0) is 12.3 Å². The summed E-state index contributed by atoms with van der Waals surface area (Å²) in [5, 5.41) is 17.4. The first kappa shape index (κ1) is 17.5. The molecule has 1 aliphatic rings. The van der Waals surface area contributed by atoms with Crippen molar-refractivity contribution >= 4 is 17.8 Å². The second kappa shape index (κ2) is 9.37. The number of carbonyl (C=O) groups excluding carboxylic acids is 1. The molecule has 0 radical (unpaired) electrons. The highest BCUT2D eigenvalue weighted by Gasteiger charge is 2.19. The summed E-state index contributed by atoms with van der Waals surface area (Å²) in [6.45, 7) is 0.179. The predicted molar refractivity (Wildman–Crippen MR) is 76.9 cm³/mol. The summed E-state index contributed by atoms with van der Waals surface area (Å²) in [6.07, 6.45) is 6.98. The summed E-state index contributed by atoms with van der Waals surface area (Å²) in [5.74, 6) is -1.49. The minimum Gasteiger partial charge on any atom is -0.481 e. The van der Waals surface area contributed by atoms with E-state index >= 15 is 0 Å². The fourth-order valence-corrected chi connectivity index (χ4v) is 2.78. The number of carbonyl (C=O) groups is 3. The molecule has 1 amide bonds. The Bertz CT molecular complexity index is 345. The maximum Gasteiger partial charge on any atom is 0.305 e. The van der Waals surface area contributed by atoms with Crippen LogP contribution in [-0.4, -0.2) is 46.0 Å². The predicted octanol–water partition coefficient (Wildman–Crippen LogP) is 2.12. The van der Waals surface area contributed by atoms with Crippen LogP contribution in [0.25, 0.3) is 0 Å². The van der Waals surface area contributed by atoms with E-state index in [4.69, 9.17) is 10.2 Å². The number of nitrogens with zero attached hydrogens (tertiary/aromatic N) is 1. The summed E-state index contributed by atoms with van der Waals surface area (Å²) in [7, 11) is 0. The third-order valence-electron chi connectivity index (χ3n) is 4.04. The van der Waals surface area contributed by atoms with E-state index in [0.717, 1.165) is 19.3 Å². The normalized spacial score (nSPS) is 15.6. The smallest absolute Gasteiger partial charge is 0.305 e. The Morgan fingerprint density at radius 2 is 1.38 bits per heavy atom. The molecule has 0 atom stereocenters. The zero-order chi connectivity index (χ0) is 15.7. The Kier molecular flexibility index (Phi) is 7.79. The van der Waals surface area contributed by atoms with E-state index in [2.05, 4.69) is 0 Å². The number of carboxylic acids is 2. The van der Waals surface area contributed by atoms with Gasteiger partial charge in [-0.15, -0.1) is 0 Å². The Hall–Kier alpha value is -1.59. The van der Waals surface area contributed by atoms with Crippen molar-refractivity contribution in [2.45, 2.75) is 57.8 Å². The van der Waals surface area contributed by atoms with Gasteiger partial charge in [0.15, 0.2) is 0 Å². The molecule has 0 bridgehead atoms. The second-order valence-electron chi connectivity index (χ2n) is 5.71. The summed E-state index contributed by atoms with van der Waals surface area (Å²) in [5.41, 5.74) is 0. The van der Waals surface area contributed by atoms with Crippen molar-refractivity contribution in [3.05, 3.63) is 0 Å². The van der Waals surface area contributed by atoms with Crippen LogP contribution in [0.5, 0.6) is 0 Å². The van der Waals surface area contributed by atoms with Crippen LogP contribution in [0.3, 0.4) is 0 Å². The lowest BCUT2D eigenvalue weighted by Crippen LogP contribution is -2.35. The van der Waals surface area contributed by atoms with Gasteiger partial charge in [-0.1, -0.05) is 32.1 Å². The Labute approximate surface area is 125 Å². The standard InChI is InChI=1S/C15H25NO5/c17-13(7-6-12-4-2-1-3-5-12)16(10-8-14(18)19)11-9-15(20)21/h12H,1-11H2,(H,18,19)(H,20,21). The molecule has 1 fully saturated rings. The van der Waals surface area contributed by atoms with Gasteiger partial charge in [0.25, 0.3) is 0 Å². The Balaban J connectivity index is 2.40. The third kappa shape index (κ3) is 7.68. The quantitative estimate of drug-likeness (QED) is 0.680. The van der Waals surface area contributed by atoms with Gasteiger partial charge in [0.2, 0.25) is 5.91 Å². The van der Waals surface area contributed by atoms with Gasteiger partial charge in [-0.2, -0.15) is 0 Å². The molecule has 21 heavy (non-hydrogen) atoms. The molecule has 1 aliphatic carbocycles. The lowest BCUT2D eigenvalue weighted by molar-refractivity contribution is -0.139. The van der Waals surface area contributed by atoms with Gasteiger partial charge in [0.1, 0.15) is 0 Å². The molecule has 0 spiro atoms. The second-order valence-corrected chi connectivity index (χ2v) is 5.71. The summed E-state index contributed by atoms with van der Waals surface area (Å²) in [4.78, 5) is 34.8. The van der Waals surface area contributed by atoms with Crippen LogP contribution in [0.4, 0.5) is 0 Å². The van der Waals surface area contributed by atoms with Gasteiger partial charge < -0.3 is 15.1 Å². The minimum absolute atomic E-state index is 0.0894. The lowest BCUT2D eigenvalue weighted by Gasteiger charge is -2.24. The van der Waals surface area contributed by atoms with E-state index in [1.54, 1.807) is 0 Å². The molecule has 0 aromatic carbocycles. The highest BCUT2D eigenvalue weighted by molar-refractivity contribution is 5.77. The van der Waals surface area contributed by atoms with E-state index < -0.39 is 11.9 Å². The Morgan fingerprint density at radius 3 is 1.86 bits per heavy atom. The average Bonchev–Trinajstić information content (AvgIpc) is 2.45. The van der Waals surface area contributed by atoms with Crippen LogP contribution in [-0.2, 0) is 14.4 Å². The molecule has 2 N–H and O–H groups in total. The van der Waals surface area contributed by atoms with E-state index in [9.17, 15) is 14.4 Å². The van der Waals surface area contributed by atoms with Crippen molar-refractivity contribution in [3.63, 3.8) is 0 Å². The Morgan fingerprint density at radius 1 is 0.857 bits per heavy atom. The summed E-state index contributed by atoms with van der Waals surface area (Å²) in [6, 6.07) is 0. The molecule has 0 aromatic rings. The first-order valence-corrected chi connectivity index (χ1v) is 7.70. The molecular formula is C15H25NO5. The molecule has 120 valence electrons. The van der Waals surface area contributed by atoms with Crippen LogP contribution in [0.1, 0.15) is 57.8 Å². The summed E-state index contributed by atoms with van der Waals surface area (Å²) < 4.78 is 0. The fraction of sp³-hybridized carbons (Fsp3) is 0.800. The maximum atomic E-state index is 12.2. The number of hydrogen-bond acceptors (Lipinski definition) is 3. The first-order valence-electron chi connectivity index (χ1n) is 7.70. The summed E-state index contributed by atoms with van der Waals surface area (Å²) >= 11 is 0. The van der Waals surface area contributed by atoms with Crippen molar-refractivity contribution in [2.75, 3.05) is 13.1 Å². The zero-order valence-corrected chi connectivity index (χ0v) is 12.4. The molecule has 0 unspecified atom stereocenters. The van der Waals surface area contributed by atoms with Gasteiger partial charge in [-0.25, -0.2) is 0 Å². The molecule has 1 saturated carbocycles. The van der Waals surface area contributed by atoms with Crippen LogP contribution in [0.2, 0.25) is 0 Å². The minimum atomic E-state index is -0.976. The van der Waals surface area contributed by atoms with Gasteiger partial charge in [0.05, 0.1) is 12.8 Å². The molecule has 0 heterocycles. The molecular weight excluding hydrogens is 274 g/mol. The first-order chi connectivity index (χ1) is 9.99. The van der Waals surface area contributed by atoms with Crippen LogP contribution in [0, 0.1) is 5.92 Å². The van der Waals surface area contributed by atoms with Gasteiger partial charge >= 0.3 is 11.9 Å². The van der Waals surface area contributed by atoms with Gasteiger partial charge in [0, 0.05) is 19.5 Å². The highest BCUT2D eigenvalue weighted by Crippen LogP contribution is 2.27. The van der Waals surface area contributed by atoms with Crippen molar-refractivity contribution in [1.29, 1.82) is 0 Å². The number of aliphatic carboxylic acids is 2. The lowest BCUT2D eigenvalue weighted by atomic mass is 9.86. The maximum absolute atomic E-state index is 12.2. The molecule has 0 aliphatic heterocycles. The molecule has 1 rings (SSSR count). The fourth-order valence-electron chi connectivity index (χ4n) is 2.78. The SMILES string of the molecule is O=C(O)CCN(CCC(=O)O)C(=O)CCC1CCCCC1. The van der Waals surface area contributed by atoms with E-state index in [1.807, 2.05) is 0 Å². The number of amides is 1. The third-order valence-corrected chi connectivity index (χ3v) is 4.04. The highest BCUT2D eigenvalue weighted by atomic mass is 16.4. The number of carboxylic acid groups (broad SMARTS) is 2. The van der Waals surface area contributed by atoms with Gasteiger partial charge in [-0.3, -0.25) is 14.4 Å². The number of rotatable bonds is 9. The van der Waals surface area contributed by atoms with E-state index in [-0.39, 0.29) is 31.8 Å². The average molecular weight is 299 g/mol. The molecule has 6 nitrogen and oxygen atoms in total. The van der Waals surface area contributed by atoms with Crippen molar-refractivity contribution < 1.29 is 24.6 Å². The largest absolute Gasteiger partial charge is 0.481 e. The van der Waals surface area contributed by atoms with Crippen LogP contribution < -0.4 is 0 Å². The zero-order valence-electron chi connectivity index (χ0n) is 12.4. The number of hydrogen-bond donors (Lipinski definition) is 2. The molecule has 0 aromatic heterocycles. The van der Waals surface area contributed by atoms with Crippen molar-refractivity contribution in [3.8, 4) is 0 Å². The molecule has 6 heteroatoms.